The molecule has 0 aliphatic heterocycles. The number of furan rings is 2. The second kappa shape index (κ2) is 11.9. The predicted octanol–water partition coefficient (Wildman–Crippen LogP) is 13.8. The highest BCUT2D eigenvalue weighted by Crippen LogP contribution is 2.42. The van der Waals surface area contributed by atoms with Gasteiger partial charge in [0.05, 0.1) is 0 Å². The van der Waals surface area contributed by atoms with Crippen LogP contribution in [0.4, 0.5) is 0 Å². The van der Waals surface area contributed by atoms with E-state index in [-0.39, 0.29) is 0 Å². The van der Waals surface area contributed by atoms with Crippen molar-refractivity contribution in [1.29, 1.82) is 0 Å². The van der Waals surface area contributed by atoms with Crippen LogP contribution >= 0.6 is 0 Å². The van der Waals surface area contributed by atoms with Crippen molar-refractivity contribution in [3.8, 4) is 45.3 Å². The number of benzene rings is 9. The van der Waals surface area contributed by atoms with Crippen LogP contribution in [0.1, 0.15) is 0 Å². The van der Waals surface area contributed by atoms with Gasteiger partial charge in [0.2, 0.25) is 0 Å². The normalized spacial score (nSPS) is 11.9. The minimum absolute atomic E-state index is 0.576. The zero-order chi connectivity index (χ0) is 36.7. The summed E-state index contributed by atoms with van der Waals surface area (Å²) in [7, 11) is 0. The standard InChI is InChI=1S/C51H29N3O2/c1-2-13-30(14-3-1)33-20-10-23-40-47-41(24-12-26-44(47)56-48(33)40)50-52-49(38-22-11-21-37-36(38)27-28-45-46(37)39-19-8-9-25-43(39)55-45)53-51(54-50)42-29-31-15-4-5-16-32(31)34-17-6-7-18-35(34)42/h1-29H. The summed E-state index contributed by atoms with van der Waals surface area (Å²) in [4.78, 5) is 16.1. The maximum absolute atomic E-state index is 6.68. The molecule has 5 heteroatoms. The van der Waals surface area contributed by atoms with Crippen LogP contribution in [0.3, 0.4) is 0 Å². The fraction of sp³-hybridized carbons (Fsp3) is 0. The molecule has 0 N–H and O–H groups in total. The Balaban J connectivity index is 1.17. The molecule has 9 aromatic carbocycles. The number of fused-ring (bicyclic) bond motifs is 11. The van der Waals surface area contributed by atoms with Crippen molar-refractivity contribution in [3.63, 3.8) is 0 Å². The van der Waals surface area contributed by atoms with E-state index in [1.807, 2.05) is 30.3 Å². The minimum Gasteiger partial charge on any atom is -0.456 e. The Morgan fingerprint density at radius 2 is 0.875 bits per heavy atom. The van der Waals surface area contributed by atoms with Gasteiger partial charge in [0, 0.05) is 43.8 Å². The van der Waals surface area contributed by atoms with Crippen molar-refractivity contribution in [1.82, 2.24) is 15.0 Å². The van der Waals surface area contributed by atoms with Crippen LogP contribution in [0.25, 0.3) is 121 Å². The van der Waals surface area contributed by atoms with Gasteiger partial charge >= 0.3 is 0 Å². The van der Waals surface area contributed by atoms with Crippen LogP contribution in [0.2, 0.25) is 0 Å². The van der Waals surface area contributed by atoms with E-state index in [0.29, 0.717) is 17.5 Å². The zero-order valence-corrected chi connectivity index (χ0v) is 29.9. The molecule has 0 atom stereocenters. The molecule has 0 fully saturated rings. The number of para-hydroxylation sites is 2. The first-order valence-corrected chi connectivity index (χ1v) is 18.8. The minimum atomic E-state index is 0.576. The van der Waals surface area contributed by atoms with Gasteiger partial charge in [-0.2, -0.15) is 0 Å². The number of hydrogen-bond acceptors (Lipinski definition) is 5. The lowest BCUT2D eigenvalue weighted by atomic mass is 9.96. The quantitative estimate of drug-likeness (QED) is 0.170. The highest BCUT2D eigenvalue weighted by atomic mass is 16.3. The summed E-state index contributed by atoms with van der Waals surface area (Å²) >= 11 is 0. The van der Waals surface area contributed by atoms with Crippen LogP contribution in [-0.4, -0.2) is 15.0 Å². The Bertz CT molecular complexity index is 3550. The summed E-state index contributed by atoms with van der Waals surface area (Å²) in [6.45, 7) is 0. The summed E-state index contributed by atoms with van der Waals surface area (Å²) in [5.74, 6) is 1.77. The fourth-order valence-electron chi connectivity index (χ4n) is 8.63. The molecule has 12 aromatic rings. The van der Waals surface area contributed by atoms with E-state index in [1.54, 1.807) is 0 Å². The van der Waals surface area contributed by atoms with Crippen molar-refractivity contribution in [2.45, 2.75) is 0 Å². The molecule has 260 valence electrons. The largest absolute Gasteiger partial charge is 0.456 e. The average molecular weight is 716 g/mol. The maximum Gasteiger partial charge on any atom is 0.164 e. The molecule has 0 amide bonds. The van der Waals surface area contributed by atoms with Gasteiger partial charge in [-0.05, 0) is 68.2 Å². The fourth-order valence-corrected chi connectivity index (χ4v) is 8.63. The highest BCUT2D eigenvalue weighted by molar-refractivity contribution is 6.21. The molecule has 3 aromatic heterocycles. The van der Waals surface area contributed by atoms with Gasteiger partial charge in [0.15, 0.2) is 17.5 Å². The molecular formula is C51H29N3O2. The summed E-state index contributed by atoms with van der Waals surface area (Å²) in [5, 5.41) is 10.8. The molecule has 0 bridgehead atoms. The Labute approximate surface area is 320 Å². The Morgan fingerprint density at radius 3 is 1.73 bits per heavy atom. The third-order valence-corrected chi connectivity index (χ3v) is 11.1. The van der Waals surface area contributed by atoms with E-state index in [2.05, 4.69) is 146 Å². The zero-order valence-electron chi connectivity index (χ0n) is 29.9. The van der Waals surface area contributed by atoms with Gasteiger partial charge in [0.1, 0.15) is 22.3 Å². The van der Waals surface area contributed by atoms with Gasteiger partial charge < -0.3 is 8.83 Å². The lowest BCUT2D eigenvalue weighted by Gasteiger charge is -2.13. The SMILES string of the molecule is c1ccc(-c2cccc3c2oc2cccc(-c4nc(-c5cc6ccccc6c6ccccc56)nc(-c5cccc6c5ccc5oc7ccccc7c56)n4)c23)cc1. The number of hydrogen-bond donors (Lipinski definition) is 0. The topological polar surface area (TPSA) is 65.0 Å². The van der Waals surface area contributed by atoms with Gasteiger partial charge in [-0.3, -0.25) is 0 Å². The molecule has 0 unspecified atom stereocenters. The summed E-state index contributed by atoms with van der Waals surface area (Å²) in [6.07, 6.45) is 0. The lowest BCUT2D eigenvalue weighted by Crippen LogP contribution is -2.01. The third kappa shape index (κ3) is 4.58. The van der Waals surface area contributed by atoms with Crippen molar-refractivity contribution < 1.29 is 8.83 Å². The van der Waals surface area contributed by atoms with Crippen LogP contribution in [0.15, 0.2) is 185 Å². The van der Waals surface area contributed by atoms with E-state index >= 15 is 0 Å². The first-order valence-electron chi connectivity index (χ1n) is 18.8. The van der Waals surface area contributed by atoms with Gasteiger partial charge in [-0.25, -0.2) is 15.0 Å². The van der Waals surface area contributed by atoms with Gasteiger partial charge in [0.25, 0.3) is 0 Å². The first-order chi connectivity index (χ1) is 27.8. The van der Waals surface area contributed by atoms with Crippen molar-refractivity contribution in [3.05, 3.63) is 176 Å². The molecule has 12 rings (SSSR count). The number of rotatable bonds is 4. The van der Waals surface area contributed by atoms with Crippen LogP contribution in [0.5, 0.6) is 0 Å². The third-order valence-electron chi connectivity index (χ3n) is 11.1. The summed E-state index contributed by atoms with van der Waals surface area (Å²) < 4.78 is 13.0. The second-order valence-electron chi connectivity index (χ2n) is 14.3. The van der Waals surface area contributed by atoms with E-state index in [0.717, 1.165) is 98.6 Å². The van der Waals surface area contributed by atoms with E-state index < -0.39 is 0 Å². The molecule has 0 saturated heterocycles. The Morgan fingerprint density at radius 1 is 0.304 bits per heavy atom. The lowest BCUT2D eigenvalue weighted by molar-refractivity contribution is 0.669. The van der Waals surface area contributed by atoms with Crippen molar-refractivity contribution in [2.24, 2.45) is 0 Å². The summed E-state index contributed by atoms with van der Waals surface area (Å²) in [6, 6.07) is 60.8. The van der Waals surface area contributed by atoms with Crippen molar-refractivity contribution >= 4 is 76.2 Å². The molecule has 0 spiro atoms. The van der Waals surface area contributed by atoms with Crippen LogP contribution < -0.4 is 0 Å². The van der Waals surface area contributed by atoms with Gasteiger partial charge in [-0.1, -0.05) is 146 Å². The monoisotopic (exact) mass is 715 g/mol. The predicted molar refractivity (Wildman–Crippen MR) is 229 cm³/mol. The number of nitrogens with zero attached hydrogens (tertiary/aromatic N) is 3. The summed E-state index contributed by atoms with van der Waals surface area (Å²) in [5.41, 5.74) is 8.21. The van der Waals surface area contributed by atoms with Crippen LogP contribution in [-0.2, 0) is 0 Å². The second-order valence-corrected chi connectivity index (χ2v) is 14.3. The van der Waals surface area contributed by atoms with E-state index in [9.17, 15) is 0 Å². The van der Waals surface area contributed by atoms with Crippen molar-refractivity contribution in [2.75, 3.05) is 0 Å². The Hall–Kier alpha value is -7.63. The van der Waals surface area contributed by atoms with E-state index in [4.69, 9.17) is 23.8 Å². The maximum atomic E-state index is 6.68. The first kappa shape index (κ1) is 30.8. The van der Waals surface area contributed by atoms with Crippen LogP contribution in [0, 0.1) is 0 Å². The molecule has 3 heterocycles. The number of aromatic nitrogens is 3. The molecule has 0 aliphatic rings. The average Bonchev–Trinajstić information content (AvgIpc) is 3.85. The molecule has 0 radical (unpaired) electrons. The molecule has 5 nitrogen and oxygen atoms in total. The molecule has 0 aliphatic carbocycles. The molecular weight excluding hydrogens is 687 g/mol. The Kier molecular flexibility index (Phi) is 6.56. The molecule has 0 saturated carbocycles. The highest BCUT2D eigenvalue weighted by Gasteiger charge is 2.22. The smallest absolute Gasteiger partial charge is 0.164 e. The van der Waals surface area contributed by atoms with Gasteiger partial charge in [-0.15, -0.1) is 0 Å². The van der Waals surface area contributed by atoms with E-state index in [1.165, 1.54) is 5.39 Å². The molecule has 56 heavy (non-hydrogen) atoms.